The Morgan fingerprint density at radius 1 is 1.43 bits per heavy atom. The molecule has 2 N–H and O–H groups in total. The molecule has 0 fully saturated rings. The first kappa shape index (κ1) is 13.3. The smallest absolute Gasteiger partial charge is 0.256 e. The fourth-order valence-corrected chi connectivity index (χ4v) is 3.11. The Morgan fingerprint density at radius 3 is 3.00 bits per heavy atom. The van der Waals surface area contributed by atoms with Gasteiger partial charge in [0.25, 0.3) is 5.91 Å². The number of carbonyl (C=O) groups excluding carboxylic acids is 1. The minimum atomic E-state index is -0.232. The van der Waals surface area contributed by atoms with Gasteiger partial charge < -0.3 is 10.3 Å². The van der Waals surface area contributed by atoms with E-state index in [4.69, 9.17) is 0 Å². The predicted octanol–water partition coefficient (Wildman–Crippen LogP) is 3.37. The molecule has 2 aromatic heterocycles. The zero-order valence-corrected chi connectivity index (χ0v) is 12.3. The van der Waals surface area contributed by atoms with Gasteiger partial charge in [-0.2, -0.15) is 5.26 Å². The Bertz CT molecular complexity index is 885. The van der Waals surface area contributed by atoms with E-state index in [1.165, 1.54) is 11.3 Å². The highest BCUT2D eigenvalue weighted by Crippen LogP contribution is 2.32. The van der Waals surface area contributed by atoms with Gasteiger partial charge in [0.05, 0.1) is 22.9 Å². The summed E-state index contributed by atoms with van der Waals surface area (Å²) in [6.45, 7) is 3.82. The van der Waals surface area contributed by atoms with E-state index in [1.54, 1.807) is 24.5 Å². The van der Waals surface area contributed by atoms with Crippen LogP contribution in [0.25, 0.3) is 11.0 Å². The minimum absolute atomic E-state index is 0.232. The molecule has 0 saturated heterocycles. The number of anilines is 1. The number of rotatable bonds is 2. The van der Waals surface area contributed by atoms with Crippen molar-refractivity contribution in [2.24, 2.45) is 0 Å². The van der Waals surface area contributed by atoms with Crippen LogP contribution >= 0.6 is 11.3 Å². The quantitative estimate of drug-likeness (QED) is 0.760. The molecule has 0 unspecified atom stereocenters. The third-order valence-electron chi connectivity index (χ3n) is 3.41. The lowest BCUT2D eigenvalue weighted by molar-refractivity contribution is 0.102. The number of hydrogen-bond donors (Lipinski definition) is 2. The highest BCUT2D eigenvalue weighted by Gasteiger charge is 2.15. The van der Waals surface area contributed by atoms with Crippen LogP contribution in [0.3, 0.4) is 0 Å². The van der Waals surface area contributed by atoms with Crippen LogP contribution < -0.4 is 5.32 Å². The molecule has 0 aliphatic carbocycles. The Kier molecular flexibility index (Phi) is 3.20. The Labute approximate surface area is 125 Å². The standard InChI is InChI=1S/C15H12N4OS/c1-8-9(2)21-15(11(8)6-16)19-14(20)10-3-4-12-13(5-10)18-7-17-12/h3-5,7H,1-2H3,(H,17,18)(H,19,20). The number of amides is 1. The third-order valence-corrected chi connectivity index (χ3v) is 4.53. The van der Waals surface area contributed by atoms with Crippen molar-refractivity contribution in [1.82, 2.24) is 9.97 Å². The zero-order chi connectivity index (χ0) is 15.0. The van der Waals surface area contributed by atoms with Crippen LogP contribution in [0, 0.1) is 25.2 Å². The van der Waals surface area contributed by atoms with Gasteiger partial charge in [-0.25, -0.2) is 4.98 Å². The van der Waals surface area contributed by atoms with Crippen molar-refractivity contribution in [3.63, 3.8) is 0 Å². The Hall–Kier alpha value is -2.65. The van der Waals surface area contributed by atoms with E-state index >= 15 is 0 Å². The van der Waals surface area contributed by atoms with Crippen molar-refractivity contribution < 1.29 is 4.79 Å². The van der Waals surface area contributed by atoms with Gasteiger partial charge in [0.2, 0.25) is 0 Å². The molecule has 0 bridgehead atoms. The molecular weight excluding hydrogens is 284 g/mol. The van der Waals surface area contributed by atoms with Crippen LogP contribution in [0.4, 0.5) is 5.00 Å². The molecule has 0 aliphatic rings. The number of carbonyl (C=O) groups is 1. The highest BCUT2D eigenvalue weighted by atomic mass is 32.1. The molecule has 2 heterocycles. The van der Waals surface area contributed by atoms with Crippen molar-refractivity contribution in [2.45, 2.75) is 13.8 Å². The number of H-pyrrole nitrogens is 1. The molecule has 0 atom stereocenters. The number of benzene rings is 1. The third kappa shape index (κ3) is 2.28. The summed E-state index contributed by atoms with van der Waals surface area (Å²) in [5.74, 6) is -0.232. The number of nitrogens with one attached hydrogen (secondary N) is 2. The lowest BCUT2D eigenvalue weighted by Crippen LogP contribution is -2.11. The van der Waals surface area contributed by atoms with Crippen molar-refractivity contribution in [1.29, 1.82) is 5.26 Å². The van der Waals surface area contributed by atoms with Crippen LogP contribution in [0.1, 0.15) is 26.4 Å². The summed E-state index contributed by atoms with van der Waals surface area (Å²) in [5, 5.41) is 12.6. The second-order valence-corrected chi connectivity index (χ2v) is 5.91. The van der Waals surface area contributed by atoms with E-state index in [0.717, 1.165) is 21.5 Å². The number of thiophene rings is 1. The number of imidazole rings is 1. The second-order valence-electron chi connectivity index (χ2n) is 4.69. The summed E-state index contributed by atoms with van der Waals surface area (Å²) in [4.78, 5) is 20.4. The summed E-state index contributed by atoms with van der Waals surface area (Å²) in [5.41, 5.74) is 3.60. The van der Waals surface area contributed by atoms with Gasteiger partial charge >= 0.3 is 0 Å². The first-order valence-corrected chi connectivity index (χ1v) is 7.16. The number of fused-ring (bicyclic) bond motifs is 1. The number of nitrogens with zero attached hydrogens (tertiary/aromatic N) is 2. The molecule has 3 rings (SSSR count). The van der Waals surface area contributed by atoms with E-state index in [2.05, 4.69) is 21.4 Å². The monoisotopic (exact) mass is 296 g/mol. The molecule has 5 nitrogen and oxygen atoms in total. The maximum absolute atomic E-state index is 12.3. The van der Waals surface area contributed by atoms with Gasteiger partial charge in [-0.3, -0.25) is 4.79 Å². The summed E-state index contributed by atoms with van der Waals surface area (Å²) >= 11 is 1.42. The molecule has 3 aromatic rings. The molecule has 0 spiro atoms. The summed E-state index contributed by atoms with van der Waals surface area (Å²) in [6, 6.07) is 7.40. The fourth-order valence-electron chi connectivity index (χ4n) is 2.10. The first-order chi connectivity index (χ1) is 10.1. The Balaban J connectivity index is 1.93. The topological polar surface area (TPSA) is 81.6 Å². The second kappa shape index (κ2) is 5.04. The number of aromatic nitrogens is 2. The lowest BCUT2D eigenvalue weighted by Gasteiger charge is -2.03. The van der Waals surface area contributed by atoms with Gasteiger partial charge in [0, 0.05) is 10.4 Å². The molecule has 0 saturated carbocycles. The lowest BCUT2D eigenvalue weighted by atomic mass is 10.1. The normalized spacial score (nSPS) is 10.5. The van der Waals surface area contributed by atoms with Gasteiger partial charge in [-0.05, 0) is 37.6 Å². The molecular formula is C15H12N4OS. The van der Waals surface area contributed by atoms with E-state index < -0.39 is 0 Å². The van der Waals surface area contributed by atoms with Crippen LogP contribution in [-0.4, -0.2) is 15.9 Å². The average Bonchev–Trinajstić information content (AvgIpc) is 3.03. The SMILES string of the molecule is Cc1sc(NC(=O)c2ccc3nc[nH]c3c2)c(C#N)c1C. The predicted molar refractivity (Wildman–Crippen MR) is 82.6 cm³/mol. The average molecular weight is 296 g/mol. The molecule has 0 aliphatic heterocycles. The maximum atomic E-state index is 12.3. The van der Waals surface area contributed by atoms with E-state index in [-0.39, 0.29) is 5.91 Å². The number of aromatic amines is 1. The van der Waals surface area contributed by atoms with Crippen LogP contribution in [0.2, 0.25) is 0 Å². The van der Waals surface area contributed by atoms with Crippen LogP contribution in [0.15, 0.2) is 24.5 Å². The molecule has 0 radical (unpaired) electrons. The number of hydrogen-bond acceptors (Lipinski definition) is 4. The molecule has 1 amide bonds. The minimum Gasteiger partial charge on any atom is -0.345 e. The van der Waals surface area contributed by atoms with Crippen LogP contribution in [-0.2, 0) is 0 Å². The van der Waals surface area contributed by atoms with Crippen molar-refractivity contribution >= 4 is 33.3 Å². The highest BCUT2D eigenvalue weighted by molar-refractivity contribution is 7.16. The largest absolute Gasteiger partial charge is 0.345 e. The van der Waals surface area contributed by atoms with E-state index in [1.807, 2.05) is 13.8 Å². The van der Waals surface area contributed by atoms with Gasteiger partial charge in [0.1, 0.15) is 11.1 Å². The van der Waals surface area contributed by atoms with Gasteiger partial charge in [-0.15, -0.1) is 11.3 Å². The Morgan fingerprint density at radius 2 is 2.24 bits per heavy atom. The number of aryl methyl sites for hydroxylation is 1. The van der Waals surface area contributed by atoms with E-state index in [9.17, 15) is 10.1 Å². The summed E-state index contributed by atoms with van der Waals surface area (Å²) in [7, 11) is 0. The van der Waals surface area contributed by atoms with Gasteiger partial charge in [0.15, 0.2) is 0 Å². The van der Waals surface area contributed by atoms with E-state index in [0.29, 0.717) is 16.1 Å². The summed E-state index contributed by atoms with van der Waals surface area (Å²) < 4.78 is 0. The molecule has 1 aromatic carbocycles. The van der Waals surface area contributed by atoms with Crippen molar-refractivity contribution in [2.75, 3.05) is 5.32 Å². The van der Waals surface area contributed by atoms with Crippen molar-refractivity contribution in [3.8, 4) is 6.07 Å². The number of nitriles is 1. The maximum Gasteiger partial charge on any atom is 0.256 e. The first-order valence-electron chi connectivity index (χ1n) is 6.34. The molecule has 21 heavy (non-hydrogen) atoms. The summed E-state index contributed by atoms with van der Waals surface area (Å²) in [6.07, 6.45) is 1.59. The molecule has 104 valence electrons. The fraction of sp³-hybridized carbons (Fsp3) is 0.133. The van der Waals surface area contributed by atoms with Gasteiger partial charge in [-0.1, -0.05) is 0 Å². The molecule has 6 heteroatoms. The van der Waals surface area contributed by atoms with Crippen LogP contribution in [0.5, 0.6) is 0 Å². The van der Waals surface area contributed by atoms with Crippen molar-refractivity contribution in [3.05, 3.63) is 46.1 Å². The zero-order valence-electron chi connectivity index (χ0n) is 11.5.